The van der Waals surface area contributed by atoms with E-state index in [0.29, 0.717) is 31.8 Å². The molecule has 0 unspecified atom stereocenters. The summed E-state index contributed by atoms with van der Waals surface area (Å²) in [6.07, 6.45) is 0.559. The van der Waals surface area contributed by atoms with E-state index in [1.165, 1.54) is 12.1 Å². The first-order valence-corrected chi connectivity index (χ1v) is 6.71. The number of hydrogen-bond acceptors (Lipinski definition) is 3. The molecular formula is C16H21FO3. The maximum Gasteiger partial charge on any atom is 0.124 e. The minimum atomic E-state index is -0.329. The standard InChI is InChI=1S/C16H21FO3/c1-13(2)20-10-9-19-12-15-6-7-16(17)11-14(15)5-3-4-8-18/h6-7,11,13,18H,4,8-10,12H2,1-2H3. The van der Waals surface area contributed by atoms with Crippen molar-refractivity contribution in [3.63, 3.8) is 0 Å². The number of ether oxygens (including phenoxy) is 2. The number of aliphatic hydroxyl groups is 1. The molecule has 0 fully saturated rings. The Hall–Kier alpha value is -1.41. The summed E-state index contributed by atoms with van der Waals surface area (Å²) in [5.74, 6) is 5.31. The molecule has 0 aliphatic carbocycles. The maximum atomic E-state index is 13.2. The van der Waals surface area contributed by atoms with Crippen LogP contribution in [0.15, 0.2) is 18.2 Å². The largest absolute Gasteiger partial charge is 0.395 e. The lowest BCUT2D eigenvalue weighted by atomic mass is 10.1. The SMILES string of the molecule is CC(C)OCCOCc1ccc(F)cc1C#CCCO. The lowest BCUT2D eigenvalue weighted by Gasteiger charge is -2.09. The maximum absolute atomic E-state index is 13.2. The number of benzene rings is 1. The minimum absolute atomic E-state index is 0.000685. The van der Waals surface area contributed by atoms with Gasteiger partial charge < -0.3 is 14.6 Å². The van der Waals surface area contributed by atoms with Crippen LogP contribution in [0.3, 0.4) is 0 Å². The van der Waals surface area contributed by atoms with Crippen molar-refractivity contribution in [3.8, 4) is 11.8 Å². The van der Waals surface area contributed by atoms with Crippen molar-refractivity contribution in [2.45, 2.75) is 33.0 Å². The molecule has 0 saturated heterocycles. The molecule has 1 aromatic rings. The highest BCUT2D eigenvalue weighted by molar-refractivity contribution is 5.41. The lowest BCUT2D eigenvalue weighted by molar-refractivity contribution is 0.0142. The monoisotopic (exact) mass is 280 g/mol. The molecule has 0 saturated carbocycles. The summed E-state index contributed by atoms with van der Waals surface area (Å²) < 4.78 is 24.1. The first kappa shape index (κ1) is 16.6. The normalized spacial score (nSPS) is 10.4. The van der Waals surface area contributed by atoms with Crippen molar-refractivity contribution in [3.05, 3.63) is 35.1 Å². The van der Waals surface area contributed by atoms with Gasteiger partial charge in [-0.2, -0.15) is 0 Å². The fourth-order valence-corrected chi connectivity index (χ4v) is 1.53. The molecule has 110 valence electrons. The van der Waals surface area contributed by atoms with Crippen molar-refractivity contribution in [1.29, 1.82) is 0 Å². The van der Waals surface area contributed by atoms with Crippen molar-refractivity contribution in [1.82, 2.24) is 0 Å². The molecule has 20 heavy (non-hydrogen) atoms. The Balaban J connectivity index is 2.54. The summed E-state index contributed by atoms with van der Waals surface area (Å²) in [7, 11) is 0. The molecule has 0 amide bonds. The lowest BCUT2D eigenvalue weighted by Crippen LogP contribution is -2.09. The van der Waals surface area contributed by atoms with E-state index in [2.05, 4.69) is 11.8 Å². The van der Waals surface area contributed by atoms with Crippen LogP contribution in [0.4, 0.5) is 4.39 Å². The smallest absolute Gasteiger partial charge is 0.124 e. The van der Waals surface area contributed by atoms with Crippen molar-refractivity contribution in [2.75, 3.05) is 19.8 Å². The van der Waals surface area contributed by atoms with Gasteiger partial charge in [0.1, 0.15) is 5.82 Å². The zero-order chi connectivity index (χ0) is 14.8. The van der Waals surface area contributed by atoms with Crippen molar-refractivity contribution in [2.24, 2.45) is 0 Å². The quantitative estimate of drug-likeness (QED) is 0.616. The van der Waals surface area contributed by atoms with E-state index in [1.807, 2.05) is 13.8 Å². The second-order valence-electron chi connectivity index (χ2n) is 4.55. The fourth-order valence-electron chi connectivity index (χ4n) is 1.53. The van der Waals surface area contributed by atoms with Gasteiger partial charge in [-0.1, -0.05) is 17.9 Å². The molecule has 0 aliphatic rings. The third kappa shape index (κ3) is 6.67. The average molecular weight is 280 g/mol. The number of aliphatic hydroxyl groups excluding tert-OH is 1. The van der Waals surface area contributed by atoms with Gasteiger partial charge >= 0.3 is 0 Å². The fraction of sp³-hybridized carbons (Fsp3) is 0.500. The van der Waals surface area contributed by atoms with Crippen LogP contribution in [0.1, 0.15) is 31.4 Å². The summed E-state index contributed by atoms with van der Waals surface area (Å²) in [6, 6.07) is 4.44. The third-order valence-electron chi connectivity index (χ3n) is 2.47. The predicted octanol–water partition coefficient (Wildman–Crippen LogP) is 2.50. The minimum Gasteiger partial charge on any atom is -0.395 e. The van der Waals surface area contributed by atoms with Gasteiger partial charge in [-0.3, -0.25) is 0 Å². The zero-order valence-corrected chi connectivity index (χ0v) is 12.0. The number of rotatable bonds is 7. The van der Waals surface area contributed by atoms with Crippen LogP contribution < -0.4 is 0 Å². The van der Waals surface area contributed by atoms with Crippen molar-refractivity contribution >= 4 is 0 Å². The van der Waals surface area contributed by atoms with Crippen LogP contribution in [0.5, 0.6) is 0 Å². The van der Waals surface area contributed by atoms with Gasteiger partial charge in [-0.15, -0.1) is 0 Å². The van der Waals surface area contributed by atoms with Crippen LogP contribution in [0.25, 0.3) is 0 Å². The molecule has 1 rings (SSSR count). The Morgan fingerprint density at radius 1 is 1.30 bits per heavy atom. The van der Waals surface area contributed by atoms with Gasteiger partial charge in [0.25, 0.3) is 0 Å². The molecule has 4 heteroatoms. The predicted molar refractivity (Wildman–Crippen MR) is 75.7 cm³/mol. The highest BCUT2D eigenvalue weighted by Gasteiger charge is 2.03. The molecule has 0 spiro atoms. The van der Waals surface area contributed by atoms with E-state index < -0.39 is 0 Å². The molecule has 3 nitrogen and oxygen atoms in total. The Kier molecular flexibility index (Phi) is 7.89. The number of halogens is 1. The Morgan fingerprint density at radius 2 is 2.10 bits per heavy atom. The van der Waals surface area contributed by atoms with E-state index in [4.69, 9.17) is 14.6 Å². The molecule has 0 heterocycles. The van der Waals surface area contributed by atoms with E-state index in [-0.39, 0.29) is 18.5 Å². The molecule has 0 aromatic heterocycles. The summed E-state index contributed by atoms with van der Waals surface area (Å²) in [4.78, 5) is 0. The summed E-state index contributed by atoms with van der Waals surface area (Å²) >= 11 is 0. The first-order valence-electron chi connectivity index (χ1n) is 6.71. The Labute approximate surface area is 119 Å². The van der Waals surface area contributed by atoms with Crippen molar-refractivity contribution < 1.29 is 19.0 Å². The van der Waals surface area contributed by atoms with Gasteiger partial charge in [0.15, 0.2) is 0 Å². The summed E-state index contributed by atoms with van der Waals surface area (Å²) in [5, 5.41) is 8.70. The molecule has 0 bridgehead atoms. The highest BCUT2D eigenvalue weighted by atomic mass is 19.1. The summed E-state index contributed by atoms with van der Waals surface area (Å²) in [5.41, 5.74) is 1.43. The molecule has 0 radical (unpaired) electrons. The summed E-state index contributed by atoms with van der Waals surface area (Å²) in [6.45, 7) is 5.32. The van der Waals surface area contributed by atoms with Gasteiger partial charge in [-0.05, 0) is 31.5 Å². The molecular weight excluding hydrogens is 259 g/mol. The van der Waals surface area contributed by atoms with Crippen LogP contribution in [-0.4, -0.2) is 31.0 Å². The van der Waals surface area contributed by atoms with Crippen LogP contribution >= 0.6 is 0 Å². The second-order valence-corrected chi connectivity index (χ2v) is 4.55. The van der Waals surface area contributed by atoms with E-state index in [9.17, 15) is 4.39 Å². The van der Waals surface area contributed by atoms with Crippen LogP contribution in [0, 0.1) is 17.7 Å². The molecule has 0 atom stereocenters. The van der Waals surface area contributed by atoms with Gasteiger partial charge in [-0.25, -0.2) is 4.39 Å². The van der Waals surface area contributed by atoms with Gasteiger partial charge in [0.05, 0.1) is 32.5 Å². The highest BCUT2D eigenvalue weighted by Crippen LogP contribution is 2.11. The second kappa shape index (κ2) is 9.49. The molecule has 1 N–H and O–H groups in total. The Bertz CT molecular complexity index is 461. The molecule has 0 aliphatic heterocycles. The van der Waals surface area contributed by atoms with Crippen LogP contribution in [0.2, 0.25) is 0 Å². The first-order chi connectivity index (χ1) is 9.63. The average Bonchev–Trinajstić information content (AvgIpc) is 2.40. The van der Waals surface area contributed by atoms with E-state index in [1.54, 1.807) is 6.07 Å². The third-order valence-corrected chi connectivity index (χ3v) is 2.47. The van der Waals surface area contributed by atoms with Gasteiger partial charge in [0, 0.05) is 12.0 Å². The topological polar surface area (TPSA) is 38.7 Å². The number of hydrogen-bond donors (Lipinski definition) is 1. The van der Waals surface area contributed by atoms with E-state index in [0.717, 1.165) is 5.56 Å². The van der Waals surface area contributed by atoms with Crippen LogP contribution in [-0.2, 0) is 16.1 Å². The van der Waals surface area contributed by atoms with Gasteiger partial charge in [0.2, 0.25) is 0 Å². The van der Waals surface area contributed by atoms with E-state index >= 15 is 0 Å². The molecule has 1 aromatic carbocycles. The zero-order valence-electron chi connectivity index (χ0n) is 12.0. The Morgan fingerprint density at radius 3 is 2.80 bits per heavy atom.